The van der Waals surface area contributed by atoms with Gasteiger partial charge in [0.2, 0.25) is 10.0 Å². The first-order valence-electron chi connectivity index (χ1n) is 8.88. The van der Waals surface area contributed by atoms with E-state index in [1.54, 1.807) is 4.31 Å². The third-order valence-electron chi connectivity index (χ3n) is 5.46. The molecule has 1 saturated carbocycles. The molecule has 1 aliphatic heterocycles. The van der Waals surface area contributed by atoms with Crippen LogP contribution in [-0.4, -0.2) is 38.9 Å². The van der Waals surface area contributed by atoms with Gasteiger partial charge in [-0.15, -0.1) is 0 Å². The van der Waals surface area contributed by atoms with Crippen molar-refractivity contribution >= 4 is 10.0 Å². The molecule has 23 heavy (non-hydrogen) atoms. The first-order chi connectivity index (χ1) is 11.1. The molecule has 0 atom stereocenters. The van der Waals surface area contributed by atoms with E-state index in [1.807, 2.05) is 31.3 Å². The van der Waals surface area contributed by atoms with Crippen LogP contribution < -0.4 is 5.32 Å². The molecule has 2 fully saturated rings. The molecule has 0 amide bonds. The first kappa shape index (κ1) is 16.9. The van der Waals surface area contributed by atoms with Crippen LogP contribution >= 0.6 is 0 Å². The van der Waals surface area contributed by atoms with Crippen LogP contribution in [0.15, 0.2) is 29.2 Å². The van der Waals surface area contributed by atoms with E-state index >= 15 is 0 Å². The highest BCUT2D eigenvalue weighted by Crippen LogP contribution is 2.33. The summed E-state index contributed by atoms with van der Waals surface area (Å²) in [5.74, 6) is 0.617. The van der Waals surface area contributed by atoms with E-state index in [0.29, 0.717) is 29.9 Å². The molecule has 4 nitrogen and oxygen atoms in total. The summed E-state index contributed by atoms with van der Waals surface area (Å²) in [6, 6.07) is 8.12. The van der Waals surface area contributed by atoms with Gasteiger partial charge in [-0.3, -0.25) is 0 Å². The molecule has 1 heterocycles. The predicted molar refractivity (Wildman–Crippen MR) is 93.1 cm³/mol. The zero-order valence-electron chi connectivity index (χ0n) is 14.0. The van der Waals surface area contributed by atoms with Crippen molar-refractivity contribution < 1.29 is 8.42 Å². The summed E-state index contributed by atoms with van der Waals surface area (Å²) in [7, 11) is -1.39. The largest absolute Gasteiger partial charge is 0.317 e. The van der Waals surface area contributed by atoms with Crippen LogP contribution in [0.25, 0.3) is 0 Å². The molecule has 0 bridgehead atoms. The van der Waals surface area contributed by atoms with E-state index in [4.69, 9.17) is 0 Å². The molecule has 5 heteroatoms. The van der Waals surface area contributed by atoms with E-state index in [0.717, 1.165) is 12.8 Å². The zero-order chi connectivity index (χ0) is 16.3. The van der Waals surface area contributed by atoms with Crippen molar-refractivity contribution in [3.63, 3.8) is 0 Å². The fourth-order valence-corrected chi connectivity index (χ4v) is 5.35. The minimum Gasteiger partial charge on any atom is -0.317 e. The summed E-state index contributed by atoms with van der Waals surface area (Å²) in [6.45, 7) is 1.22. The monoisotopic (exact) mass is 336 g/mol. The van der Waals surface area contributed by atoms with Gasteiger partial charge in [-0.05, 0) is 56.3 Å². The van der Waals surface area contributed by atoms with Crippen molar-refractivity contribution in [3.05, 3.63) is 29.8 Å². The van der Waals surface area contributed by atoms with Gasteiger partial charge >= 0.3 is 0 Å². The highest BCUT2D eigenvalue weighted by molar-refractivity contribution is 7.89. The topological polar surface area (TPSA) is 49.4 Å². The van der Waals surface area contributed by atoms with Gasteiger partial charge in [0.25, 0.3) is 0 Å². The lowest BCUT2D eigenvalue weighted by atomic mass is 9.84. The standard InChI is InChI=1S/C18H28N2O2S/c1-19-17-11-13-20(14-12-17)23(21,22)18-9-7-16(8-10-18)15-5-3-2-4-6-15/h7-10,15,17,19H,2-6,11-14H2,1H3. The highest BCUT2D eigenvalue weighted by atomic mass is 32.2. The molecule has 1 saturated heterocycles. The van der Waals surface area contributed by atoms with E-state index in [2.05, 4.69) is 5.32 Å². The van der Waals surface area contributed by atoms with Crippen LogP contribution in [-0.2, 0) is 10.0 Å². The van der Waals surface area contributed by atoms with Crippen molar-refractivity contribution in [1.29, 1.82) is 0 Å². The lowest BCUT2D eigenvalue weighted by Gasteiger charge is -2.31. The SMILES string of the molecule is CNC1CCN(S(=O)(=O)c2ccc(C3CCCCC3)cc2)CC1. The Morgan fingerprint density at radius 1 is 0.957 bits per heavy atom. The number of hydrogen-bond donors (Lipinski definition) is 1. The second-order valence-corrected chi connectivity index (χ2v) is 8.81. The van der Waals surface area contributed by atoms with E-state index < -0.39 is 10.0 Å². The Labute approximate surface area is 140 Å². The first-order valence-corrected chi connectivity index (χ1v) is 10.3. The van der Waals surface area contributed by atoms with E-state index in [9.17, 15) is 8.42 Å². The summed E-state index contributed by atoms with van der Waals surface area (Å²) in [4.78, 5) is 0.444. The average Bonchev–Trinajstić information content (AvgIpc) is 2.62. The fraction of sp³-hybridized carbons (Fsp3) is 0.667. The molecule has 0 spiro atoms. The number of benzene rings is 1. The van der Waals surface area contributed by atoms with E-state index in [-0.39, 0.29) is 0 Å². The van der Waals surface area contributed by atoms with Crippen LogP contribution in [0, 0.1) is 0 Å². The third kappa shape index (κ3) is 3.78. The third-order valence-corrected chi connectivity index (χ3v) is 7.37. The molecule has 1 aromatic rings. The molecule has 3 rings (SSSR count). The van der Waals surface area contributed by atoms with Crippen molar-refractivity contribution in [2.45, 2.75) is 61.8 Å². The summed E-state index contributed by atoms with van der Waals surface area (Å²) < 4.78 is 27.2. The molecule has 0 radical (unpaired) electrons. The molecule has 1 aliphatic carbocycles. The number of piperidine rings is 1. The minimum atomic E-state index is -3.34. The maximum absolute atomic E-state index is 12.8. The Balaban J connectivity index is 1.70. The number of sulfonamides is 1. The summed E-state index contributed by atoms with van der Waals surface area (Å²) in [6.07, 6.45) is 8.18. The van der Waals surface area contributed by atoms with Gasteiger partial charge in [-0.25, -0.2) is 8.42 Å². The van der Waals surface area contributed by atoms with Gasteiger partial charge in [0.1, 0.15) is 0 Å². The lowest BCUT2D eigenvalue weighted by Crippen LogP contribution is -2.43. The zero-order valence-corrected chi connectivity index (χ0v) is 14.8. The fourth-order valence-electron chi connectivity index (χ4n) is 3.88. The number of rotatable bonds is 4. The highest BCUT2D eigenvalue weighted by Gasteiger charge is 2.29. The van der Waals surface area contributed by atoms with Gasteiger partial charge in [-0.2, -0.15) is 4.31 Å². The summed E-state index contributed by atoms with van der Waals surface area (Å²) in [5, 5.41) is 3.24. The van der Waals surface area contributed by atoms with E-state index in [1.165, 1.54) is 37.7 Å². The van der Waals surface area contributed by atoms with Crippen LogP contribution in [0.2, 0.25) is 0 Å². The van der Waals surface area contributed by atoms with Crippen molar-refractivity contribution in [1.82, 2.24) is 9.62 Å². The molecule has 0 aromatic heterocycles. The van der Waals surface area contributed by atoms with Crippen LogP contribution in [0.5, 0.6) is 0 Å². The Bertz CT molecular complexity index is 598. The van der Waals surface area contributed by atoms with Crippen LogP contribution in [0.1, 0.15) is 56.4 Å². The molecule has 0 unspecified atom stereocenters. The van der Waals surface area contributed by atoms with Gasteiger partial charge in [-0.1, -0.05) is 31.4 Å². The average molecular weight is 337 g/mol. The molecule has 1 N–H and O–H groups in total. The second kappa shape index (κ2) is 7.32. The second-order valence-electron chi connectivity index (χ2n) is 6.87. The Hall–Kier alpha value is -0.910. The van der Waals surface area contributed by atoms with Crippen molar-refractivity contribution in [3.8, 4) is 0 Å². The van der Waals surface area contributed by atoms with Gasteiger partial charge in [0.15, 0.2) is 0 Å². The Morgan fingerprint density at radius 3 is 2.13 bits per heavy atom. The predicted octanol–water partition coefficient (Wildman–Crippen LogP) is 3.11. The smallest absolute Gasteiger partial charge is 0.243 e. The van der Waals surface area contributed by atoms with Gasteiger partial charge < -0.3 is 5.32 Å². The maximum Gasteiger partial charge on any atom is 0.243 e. The normalized spacial score (nSPS) is 22.3. The van der Waals surface area contributed by atoms with Crippen LogP contribution in [0.3, 0.4) is 0 Å². The van der Waals surface area contributed by atoms with Crippen LogP contribution in [0.4, 0.5) is 0 Å². The Morgan fingerprint density at radius 2 is 1.57 bits per heavy atom. The quantitative estimate of drug-likeness (QED) is 0.919. The van der Waals surface area contributed by atoms with Crippen molar-refractivity contribution in [2.75, 3.05) is 20.1 Å². The van der Waals surface area contributed by atoms with Gasteiger partial charge in [0, 0.05) is 19.1 Å². The molecule has 2 aliphatic rings. The maximum atomic E-state index is 12.8. The van der Waals surface area contributed by atoms with Crippen molar-refractivity contribution in [2.24, 2.45) is 0 Å². The van der Waals surface area contributed by atoms with Gasteiger partial charge in [0.05, 0.1) is 4.90 Å². The number of hydrogen-bond acceptors (Lipinski definition) is 3. The molecule has 1 aromatic carbocycles. The summed E-state index contributed by atoms with van der Waals surface area (Å²) >= 11 is 0. The molecular formula is C18H28N2O2S. The molecular weight excluding hydrogens is 308 g/mol. The molecule has 128 valence electrons. The lowest BCUT2D eigenvalue weighted by molar-refractivity contribution is 0.298. The number of nitrogens with zero attached hydrogens (tertiary/aromatic N) is 1. The minimum absolute atomic E-state index is 0.440. The number of nitrogens with one attached hydrogen (secondary N) is 1. The summed E-state index contributed by atoms with van der Waals surface area (Å²) in [5.41, 5.74) is 1.30. The Kier molecular flexibility index (Phi) is 5.39.